The average molecular weight is 430 g/mol. The molecule has 1 saturated heterocycles. The minimum absolute atomic E-state index is 0.0285. The summed E-state index contributed by atoms with van der Waals surface area (Å²) < 4.78 is 11.8. The highest BCUT2D eigenvalue weighted by Crippen LogP contribution is 2.77. The Hall–Kier alpha value is -1.15. The lowest BCUT2D eigenvalue weighted by Crippen LogP contribution is -2.58. The maximum atomic E-state index is 11.4. The molecule has 0 aromatic carbocycles. The largest absolute Gasteiger partial charge is 0.432 e. The second-order valence-corrected chi connectivity index (χ2v) is 11.1. The zero-order valence-corrected chi connectivity index (χ0v) is 18.6. The summed E-state index contributed by atoms with van der Waals surface area (Å²) >= 11 is 0. The quantitative estimate of drug-likeness (QED) is 0.467. The Balaban J connectivity index is 0.000000646. The molecule has 6 rings (SSSR count). The second kappa shape index (κ2) is 7.44. The number of hydrogen-bond donors (Lipinski definition) is 3. The number of aliphatic hydroxyl groups excluding tert-OH is 1. The van der Waals surface area contributed by atoms with Gasteiger partial charge in [0.15, 0.2) is 0 Å². The van der Waals surface area contributed by atoms with Gasteiger partial charge in [0.05, 0.1) is 18.5 Å². The predicted molar refractivity (Wildman–Crippen MR) is 117 cm³/mol. The maximum Gasteiger partial charge on any atom is 0.432 e. The van der Waals surface area contributed by atoms with Gasteiger partial charge in [-0.2, -0.15) is 0 Å². The lowest BCUT2D eigenvalue weighted by Gasteiger charge is -2.61. The van der Waals surface area contributed by atoms with Gasteiger partial charge < -0.3 is 24.3 Å². The summed E-state index contributed by atoms with van der Waals surface area (Å²) in [5, 5.41) is 24.5. The molecule has 3 N–H and O–H groups in total. The molecule has 0 amide bonds. The molecule has 7 heteroatoms. The SMILES string of the molecule is C[C@]12CC[C@H](O)C[C@H]1CC[C@@H]1[C@@H]2CC[C@]2(C)[C@@H](c3ccc(=O)oc3)C[C@H]3O[C@]132.OBO. The minimum Gasteiger partial charge on any atom is -0.431 e. The third kappa shape index (κ3) is 2.96. The fraction of sp³-hybridized carbons (Fsp3) is 0.792. The zero-order chi connectivity index (χ0) is 22.0. The summed E-state index contributed by atoms with van der Waals surface area (Å²) in [4.78, 5) is 11.4. The van der Waals surface area contributed by atoms with Gasteiger partial charge in [0, 0.05) is 11.5 Å². The minimum atomic E-state index is -0.750. The first-order valence-electron chi connectivity index (χ1n) is 12.0. The van der Waals surface area contributed by atoms with Crippen molar-refractivity contribution in [2.24, 2.45) is 28.6 Å². The lowest BCUT2D eigenvalue weighted by molar-refractivity contribution is -0.139. The number of epoxide rings is 1. The van der Waals surface area contributed by atoms with E-state index < -0.39 is 7.69 Å². The monoisotopic (exact) mass is 430 g/mol. The first-order chi connectivity index (χ1) is 14.8. The molecule has 31 heavy (non-hydrogen) atoms. The third-order valence-corrected chi connectivity index (χ3v) is 10.2. The lowest BCUT2D eigenvalue weighted by atomic mass is 9.44. The molecule has 2 heterocycles. The summed E-state index contributed by atoms with van der Waals surface area (Å²) in [5.74, 6) is 2.48. The molecule has 1 aliphatic heterocycles. The molecule has 4 saturated carbocycles. The number of hydrogen-bond acceptors (Lipinski definition) is 6. The molecule has 0 bridgehead atoms. The summed E-state index contributed by atoms with van der Waals surface area (Å²) in [6, 6.07) is 3.55. The Morgan fingerprint density at radius 3 is 2.52 bits per heavy atom. The first-order valence-corrected chi connectivity index (χ1v) is 12.0. The van der Waals surface area contributed by atoms with E-state index in [-0.39, 0.29) is 22.7 Å². The molecule has 5 fully saturated rings. The second-order valence-electron chi connectivity index (χ2n) is 11.1. The van der Waals surface area contributed by atoms with Crippen molar-refractivity contribution in [1.29, 1.82) is 0 Å². The first kappa shape index (κ1) is 21.7. The van der Waals surface area contributed by atoms with Gasteiger partial charge in [-0.3, -0.25) is 0 Å². The van der Waals surface area contributed by atoms with Crippen LogP contribution in [0.2, 0.25) is 0 Å². The summed E-state index contributed by atoms with van der Waals surface area (Å²) in [6.07, 6.45) is 11.1. The van der Waals surface area contributed by atoms with Crippen molar-refractivity contribution in [1.82, 2.24) is 0 Å². The Labute approximate surface area is 184 Å². The van der Waals surface area contributed by atoms with Gasteiger partial charge in [-0.1, -0.05) is 13.8 Å². The van der Waals surface area contributed by atoms with Gasteiger partial charge in [0.2, 0.25) is 0 Å². The van der Waals surface area contributed by atoms with Crippen LogP contribution >= 0.6 is 0 Å². The highest BCUT2D eigenvalue weighted by Gasteiger charge is 2.80. The Kier molecular flexibility index (Phi) is 5.21. The van der Waals surface area contributed by atoms with Crippen molar-refractivity contribution in [3.8, 4) is 0 Å². The predicted octanol–water partition coefficient (Wildman–Crippen LogP) is 2.50. The van der Waals surface area contributed by atoms with Crippen LogP contribution in [0.4, 0.5) is 0 Å². The van der Waals surface area contributed by atoms with Crippen LogP contribution in [0.5, 0.6) is 0 Å². The van der Waals surface area contributed by atoms with Crippen LogP contribution in [-0.4, -0.2) is 40.6 Å². The summed E-state index contributed by atoms with van der Waals surface area (Å²) in [5.41, 5.74) is 1.44. The molecule has 4 aliphatic carbocycles. The fourth-order valence-electron chi connectivity index (χ4n) is 8.74. The van der Waals surface area contributed by atoms with Gasteiger partial charge in [-0.15, -0.1) is 0 Å². The summed E-state index contributed by atoms with van der Waals surface area (Å²) in [6.45, 7) is 4.97. The van der Waals surface area contributed by atoms with Gasteiger partial charge >= 0.3 is 13.3 Å². The molecule has 1 aromatic heterocycles. The van der Waals surface area contributed by atoms with E-state index in [2.05, 4.69) is 13.8 Å². The van der Waals surface area contributed by atoms with Crippen molar-refractivity contribution < 1.29 is 24.3 Å². The molecule has 0 unspecified atom stereocenters. The Morgan fingerprint density at radius 2 is 1.81 bits per heavy atom. The number of aliphatic hydroxyl groups is 1. The average Bonchev–Trinajstić information content (AvgIpc) is 3.40. The van der Waals surface area contributed by atoms with Crippen molar-refractivity contribution in [2.45, 2.75) is 88.9 Å². The van der Waals surface area contributed by atoms with E-state index in [0.29, 0.717) is 29.3 Å². The molecule has 9 atom stereocenters. The van der Waals surface area contributed by atoms with Crippen LogP contribution in [0.1, 0.15) is 76.7 Å². The molecule has 1 spiro atoms. The van der Waals surface area contributed by atoms with Crippen LogP contribution in [-0.2, 0) is 4.74 Å². The standard InChI is InChI=1S/C24H32O4.BH3O2/c1-22-9-7-16(25)11-15(22)4-5-18-17(22)8-10-23(2)19(12-20-24(18,23)28-20)14-3-6-21(26)27-13-14;2-1-3/h3,6,13,15-20,25H,4-5,7-12H2,1-2H3;1-3H/t15-,16+,17+,18-,19-,20-,22+,23-,24-;/m1./s1. The highest BCUT2D eigenvalue weighted by molar-refractivity contribution is 6.13. The Bertz CT molecular complexity index is 869. The van der Waals surface area contributed by atoms with E-state index in [1.54, 1.807) is 12.3 Å². The van der Waals surface area contributed by atoms with Gasteiger partial charge in [0.25, 0.3) is 0 Å². The molecular formula is C24H35BO6. The normalized spacial score (nSPS) is 49.5. The van der Waals surface area contributed by atoms with E-state index in [0.717, 1.165) is 25.2 Å². The highest BCUT2D eigenvalue weighted by atomic mass is 16.6. The van der Waals surface area contributed by atoms with Crippen LogP contribution < -0.4 is 5.63 Å². The van der Waals surface area contributed by atoms with Crippen molar-refractivity contribution in [3.05, 3.63) is 34.4 Å². The fourth-order valence-corrected chi connectivity index (χ4v) is 8.74. The van der Waals surface area contributed by atoms with E-state index in [4.69, 9.17) is 19.2 Å². The number of rotatable bonds is 1. The number of fused-ring (bicyclic) bond motifs is 3. The third-order valence-electron chi connectivity index (χ3n) is 10.2. The van der Waals surface area contributed by atoms with E-state index in [1.807, 2.05) is 6.07 Å². The van der Waals surface area contributed by atoms with E-state index in [1.165, 1.54) is 37.7 Å². The molecule has 0 radical (unpaired) electrons. The number of ether oxygens (including phenoxy) is 1. The van der Waals surface area contributed by atoms with Crippen LogP contribution in [0.3, 0.4) is 0 Å². The van der Waals surface area contributed by atoms with E-state index in [9.17, 15) is 9.90 Å². The molecular weight excluding hydrogens is 395 g/mol. The van der Waals surface area contributed by atoms with Gasteiger partial charge in [0.1, 0.15) is 5.60 Å². The van der Waals surface area contributed by atoms with Crippen LogP contribution in [0.15, 0.2) is 27.6 Å². The topological polar surface area (TPSA) is 103 Å². The van der Waals surface area contributed by atoms with Crippen molar-refractivity contribution in [3.63, 3.8) is 0 Å². The molecule has 5 aliphatic rings. The molecule has 170 valence electrons. The van der Waals surface area contributed by atoms with Gasteiger partial charge in [-0.05, 0) is 92.1 Å². The summed E-state index contributed by atoms with van der Waals surface area (Å²) in [7, 11) is -0.750. The smallest absolute Gasteiger partial charge is 0.431 e. The zero-order valence-electron chi connectivity index (χ0n) is 18.6. The van der Waals surface area contributed by atoms with Crippen molar-refractivity contribution >= 4 is 7.69 Å². The van der Waals surface area contributed by atoms with E-state index >= 15 is 0 Å². The van der Waals surface area contributed by atoms with Crippen LogP contribution in [0, 0.1) is 28.6 Å². The molecule has 6 nitrogen and oxygen atoms in total. The molecule has 1 aromatic rings. The van der Waals surface area contributed by atoms with Crippen LogP contribution in [0.25, 0.3) is 0 Å². The van der Waals surface area contributed by atoms with Crippen molar-refractivity contribution in [2.75, 3.05) is 0 Å². The Morgan fingerprint density at radius 1 is 1.03 bits per heavy atom. The maximum absolute atomic E-state index is 11.4. The van der Waals surface area contributed by atoms with Gasteiger partial charge in [-0.25, -0.2) is 4.79 Å².